The zero-order valence-electron chi connectivity index (χ0n) is 26.3. The average Bonchev–Trinajstić information content (AvgIpc) is 3.73. The Kier molecular flexibility index (Phi) is 8.73. The van der Waals surface area contributed by atoms with Crippen LogP contribution in [0.2, 0.25) is 0 Å². The van der Waals surface area contributed by atoms with Gasteiger partial charge in [-0.25, -0.2) is 8.42 Å². The van der Waals surface area contributed by atoms with E-state index < -0.39 is 27.8 Å². The molecule has 3 aromatic rings. The van der Waals surface area contributed by atoms with Crippen LogP contribution < -0.4 is 10.5 Å². The van der Waals surface area contributed by atoms with Crippen molar-refractivity contribution >= 4 is 26.7 Å². The standard InChI is InChI=1S/C35H41F3N4O4S/c36-35(37,38)26-8-11-31-25(19-26)7-12-32(31)41-17-18-42(33(22-41)34(43)40-15-13-27(39)14-16-40)47(44,45)30-10-6-23-20-29(9-5-24(23)21-30)46-28-3-1-2-4-28/h5-6,8-11,19-21,27-28,32-33H,1-4,7,12-18,22,39H2/t32-,33-/m0/s1. The number of ether oxygens (including phenoxy) is 1. The van der Waals surface area contributed by atoms with Crippen molar-refractivity contribution in [2.24, 2.45) is 5.73 Å². The Labute approximate surface area is 273 Å². The molecule has 0 unspecified atom stereocenters. The number of piperazine rings is 1. The Morgan fingerprint density at radius 3 is 2.32 bits per heavy atom. The third-order valence-electron chi connectivity index (χ3n) is 10.5. The Morgan fingerprint density at radius 1 is 0.851 bits per heavy atom. The molecule has 47 heavy (non-hydrogen) atoms. The third kappa shape index (κ3) is 6.49. The molecule has 2 saturated heterocycles. The van der Waals surface area contributed by atoms with Crippen LogP contribution in [-0.2, 0) is 27.4 Å². The number of nitrogens with two attached hydrogens (primary N) is 1. The summed E-state index contributed by atoms with van der Waals surface area (Å²) in [7, 11) is -4.08. The number of likely N-dealkylation sites (tertiary alicyclic amines) is 1. The number of rotatable bonds is 6. The molecule has 1 saturated carbocycles. The summed E-state index contributed by atoms with van der Waals surface area (Å²) in [5.41, 5.74) is 6.90. The molecule has 3 aromatic carbocycles. The quantitative estimate of drug-likeness (QED) is 0.373. The molecule has 2 atom stereocenters. The number of hydrogen-bond donors (Lipinski definition) is 1. The zero-order chi connectivity index (χ0) is 32.9. The second-order valence-corrected chi connectivity index (χ2v) is 15.3. The van der Waals surface area contributed by atoms with Gasteiger partial charge in [0.05, 0.1) is 16.6 Å². The molecule has 0 radical (unpaired) electrons. The summed E-state index contributed by atoms with van der Waals surface area (Å²) in [6, 6.07) is 13.4. The van der Waals surface area contributed by atoms with Crippen molar-refractivity contribution in [1.82, 2.24) is 14.1 Å². The number of sulfonamides is 1. The van der Waals surface area contributed by atoms with Gasteiger partial charge in [-0.15, -0.1) is 0 Å². The summed E-state index contributed by atoms with van der Waals surface area (Å²) in [4.78, 5) is 18.0. The highest BCUT2D eigenvalue weighted by molar-refractivity contribution is 7.89. The first-order valence-electron chi connectivity index (χ1n) is 16.7. The van der Waals surface area contributed by atoms with Crippen LogP contribution in [-0.4, -0.2) is 79.3 Å². The maximum absolute atomic E-state index is 14.3. The Hall–Kier alpha value is -3.19. The molecule has 1 amide bonds. The summed E-state index contributed by atoms with van der Waals surface area (Å²) in [5, 5.41) is 1.63. The lowest BCUT2D eigenvalue weighted by molar-refractivity contribution is -0.139. The van der Waals surface area contributed by atoms with Gasteiger partial charge in [-0.2, -0.15) is 17.5 Å². The van der Waals surface area contributed by atoms with Crippen LogP contribution >= 0.6 is 0 Å². The maximum atomic E-state index is 14.3. The summed E-state index contributed by atoms with van der Waals surface area (Å²) < 4.78 is 76.3. The molecule has 7 rings (SSSR count). The first kappa shape index (κ1) is 32.4. The van der Waals surface area contributed by atoms with Crippen molar-refractivity contribution in [3.63, 3.8) is 0 Å². The van der Waals surface area contributed by atoms with E-state index in [2.05, 4.69) is 4.90 Å². The van der Waals surface area contributed by atoms with Gasteiger partial charge in [0.15, 0.2) is 0 Å². The molecular formula is C35H41F3N4O4S. The van der Waals surface area contributed by atoms with Crippen LogP contribution in [0, 0.1) is 0 Å². The van der Waals surface area contributed by atoms with Crippen LogP contribution in [0.25, 0.3) is 10.8 Å². The van der Waals surface area contributed by atoms with Gasteiger partial charge >= 0.3 is 6.18 Å². The second-order valence-electron chi connectivity index (χ2n) is 13.5. The van der Waals surface area contributed by atoms with Gasteiger partial charge in [-0.3, -0.25) is 9.69 Å². The van der Waals surface area contributed by atoms with Gasteiger partial charge in [-0.1, -0.05) is 18.2 Å². The fourth-order valence-corrected chi connectivity index (χ4v) is 9.41. The minimum absolute atomic E-state index is 0.000000409. The Morgan fingerprint density at radius 2 is 1.57 bits per heavy atom. The largest absolute Gasteiger partial charge is 0.490 e. The number of carbonyl (C=O) groups is 1. The number of hydrogen-bond acceptors (Lipinski definition) is 6. The molecule has 12 heteroatoms. The first-order valence-corrected chi connectivity index (χ1v) is 18.1. The van der Waals surface area contributed by atoms with E-state index >= 15 is 0 Å². The van der Waals surface area contributed by atoms with Crippen molar-refractivity contribution in [2.75, 3.05) is 32.7 Å². The van der Waals surface area contributed by atoms with Crippen molar-refractivity contribution in [3.05, 3.63) is 71.3 Å². The molecular weight excluding hydrogens is 629 g/mol. The number of aryl methyl sites for hydroxylation is 1. The van der Waals surface area contributed by atoms with Gasteiger partial charge in [0.2, 0.25) is 15.9 Å². The zero-order valence-corrected chi connectivity index (χ0v) is 27.1. The number of benzene rings is 3. The lowest BCUT2D eigenvalue weighted by Gasteiger charge is -2.44. The topological polar surface area (TPSA) is 96.2 Å². The number of alkyl halides is 3. The molecule has 2 N–H and O–H groups in total. The van der Waals surface area contributed by atoms with Crippen LogP contribution in [0.5, 0.6) is 5.75 Å². The predicted octanol–water partition coefficient (Wildman–Crippen LogP) is 5.49. The number of nitrogens with zero attached hydrogens (tertiary/aromatic N) is 3. The van der Waals surface area contributed by atoms with Crippen LogP contribution in [0.4, 0.5) is 13.2 Å². The van der Waals surface area contributed by atoms with E-state index in [1.807, 2.05) is 18.2 Å². The first-order chi connectivity index (χ1) is 22.5. The van der Waals surface area contributed by atoms with Gasteiger partial charge in [-0.05, 0) is 110 Å². The van der Waals surface area contributed by atoms with E-state index in [-0.39, 0.29) is 42.1 Å². The summed E-state index contributed by atoms with van der Waals surface area (Å²) >= 11 is 0. The SMILES string of the molecule is NC1CCN(C(=O)[C@@H]2CN([C@H]3CCc4cc(C(F)(F)F)ccc43)CCN2S(=O)(=O)c2ccc3cc(OC4CCCC4)ccc3c2)CC1. The van der Waals surface area contributed by atoms with Gasteiger partial charge < -0.3 is 15.4 Å². The summed E-state index contributed by atoms with van der Waals surface area (Å²) in [6.07, 6.45) is 2.60. The van der Waals surface area contributed by atoms with E-state index in [1.165, 1.54) is 23.2 Å². The van der Waals surface area contributed by atoms with Gasteiger partial charge in [0.1, 0.15) is 11.8 Å². The molecule has 2 aliphatic heterocycles. The lowest BCUT2D eigenvalue weighted by atomic mass is 10.0. The second kappa shape index (κ2) is 12.7. The number of carbonyl (C=O) groups excluding carboxylic acids is 1. The van der Waals surface area contributed by atoms with Gasteiger partial charge in [0, 0.05) is 44.8 Å². The number of fused-ring (bicyclic) bond motifs is 2. The van der Waals surface area contributed by atoms with Gasteiger partial charge in [0.25, 0.3) is 0 Å². The van der Waals surface area contributed by atoms with E-state index in [0.717, 1.165) is 41.0 Å². The number of piperidine rings is 1. The minimum atomic E-state index is -4.42. The monoisotopic (exact) mass is 670 g/mol. The maximum Gasteiger partial charge on any atom is 0.416 e. The van der Waals surface area contributed by atoms with Crippen LogP contribution in [0.15, 0.2) is 59.5 Å². The molecule has 2 aliphatic carbocycles. The molecule has 0 aromatic heterocycles. The predicted molar refractivity (Wildman–Crippen MR) is 172 cm³/mol. The minimum Gasteiger partial charge on any atom is -0.490 e. The summed E-state index contributed by atoms with van der Waals surface area (Å²) in [6.45, 7) is 1.51. The fraction of sp³-hybridized carbons (Fsp3) is 0.514. The Bertz CT molecular complexity index is 1750. The molecule has 0 spiro atoms. The molecule has 2 heterocycles. The molecule has 252 valence electrons. The van der Waals surface area contributed by atoms with Crippen molar-refractivity contribution in [3.8, 4) is 5.75 Å². The Balaban J connectivity index is 1.16. The highest BCUT2D eigenvalue weighted by Crippen LogP contribution is 2.41. The molecule has 0 bridgehead atoms. The van der Waals surface area contributed by atoms with Crippen molar-refractivity contribution in [1.29, 1.82) is 0 Å². The lowest BCUT2D eigenvalue weighted by Crippen LogP contribution is -2.62. The summed E-state index contributed by atoms with van der Waals surface area (Å²) in [5.74, 6) is 0.511. The number of halogens is 3. The fourth-order valence-electron chi connectivity index (χ4n) is 7.81. The highest BCUT2D eigenvalue weighted by atomic mass is 32.2. The smallest absolute Gasteiger partial charge is 0.416 e. The van der Waals surface area contributed by atoms with E-state index in [1.54, 1.807) is 29.2 Å². The van der Waals surface area contributed by atoms with Crippen LogP contribution in [0.3, 0.4) is 0 Å². The average molecular weight is 671 g/mol. The van der Waals surface area contributed by atoms with E-state index in [4.69, 9.17) is 10.5 Å². The van der Waals surface area contributed by atoms with Crippen molar-refractivity contribution < 1.29 is 31.1 Å². The van der Waals surface area contributed by atoms with Crippen molar-refractivity contribution in [2.45, 2.75) is 86.7 Å². The molecule has 4 aliphatic rings. The normalized spacial score (nSPS) is 23.8. The van der Waals surface area contributed by atoms with Crippen LogP contribution in [0.1, 0.15) is 67.7 Å². The van der Waals surface area contributed by atoms with E-state index in [0.29, 0.717) is 50.9 Å². The number of amides is 1. The highest BCUT2D eigenvalue weighted by Gasteiger charge is 2.45. The molecule has 8 nitrogen and oxygen atoms in total. The molecule has 3 fully saturated rings. The van der Waals surface area contributed by atoms with E-state index in [9.17, 15) is 26.4 Å². The third-order valence-corrected chi connectivity index (χ3v) is 12.4.